The van der Waals surface area contributed by atoms with Gasteiger partial charge in [-0.25, -0.2) is 8.42 Å². The molecule has 0 saturated heterocycles. The van der Waals surface area contributed by atoms with Crippen LogP contribution in [0.25, 0.3) is 0 Å². The van der Waals surface area contributed by atoms with Gasteiger partial charge in [-0.15, -0.1) is 0 Å². The number of hydrogen-bond acceptors (Lipinski definition) is 6. The Hall–Kier alpha value is -2.47. The summed E-state index contributed by atoms with van der Waals surface area (Å²) in [6, 6.07) is 17.4. The van der Waals surface area contributed by atoms with Crippen LogP contribution in [-0.2, 0) is 21.2 Å². The van der Waals surface area contributed by atoms with Crippen LogP contribution in [0.3, 0.4) is 0 Å². The summed E-state index contributed by atoms with van der Waals surface area (Å²) >= 11 is 1.44. The standard InChI is InChI=1S/C25H25FIN2O6PS/c1-2-34-21-14-16(28-24(31)23-19-9-4-3-6-15(19)12-20(23)30)10-11-22(21)37(32,33)29-17-7-5-8-18(13-17)35-25(26,27)36/h3-11,13-14,20,23,29-30H,2,12,36H2,1H3,(H,28,31). The highest BCUT2D eigenvalue weighted by molar-refractivity contribution is 14.1. The van der Waals surface area contributed by atoms with Crippen LogP contribution in [0.15, 0.2) is 71.6 Å². The smallest absolute Gasteiger partial charge is 0.309 e. The third-order valence-electron chi connectivity index (χ3n) is 5.63. The number of hydrogen-bond donors (Lipinski definition) is 3. The molecule has 4 unspecified atom stereocenters. The Balaban J connectivity index is 1.56. The number of amides is 1. The van der Waals surface area contributed by atoms with Crippen LogP contribution in [0.5, 0.6) is 11.5 Å². The predicted octanol–water partition coefficient (Wildman–Crippen LogP) is 4.80. The first-order valence-electron chi connectivity index (χ1n) is 11.3. The molecule has 1 aliphatic rings. The number of alkyl halides is 2. The Kier molecular flexibility index (Phi) is 8.27. The largest absolute Gasteiger partial charge is 0.492 e. The van der Waals surface area contributed by atoms with Crippen molar-refractivity contribution in [3.05, 3.63) is 77.9 Å². The Morgan fingerprint density at radius 1 is 1.16 bits per heavy atom. The number of anilines is 2. The molecule has 3 aromatic rings. The summed E-state index contributed by atoms with van der Waals surface area (Å²) in [6.07, 6.45) is -0.470. The van der Waals surface area contributed by atoms with Crippen molar-refractivity contribution in [2.75, 3.05) is 16.6 Å². The molecule has 0 aromatic heterocycles. The number of fused-ring (bicyclic) bond motifs is 1. The van der Waals surface area contributed by atoms with Crippen molar-refractivity contribution >= 4 is 59.1 Å². The fourth-order valence-corrected chi connectivity index (χ4v) is 5.74. The van der Waals surface area contributed by atoms with E-state index in [0.717, 1.165) is 11.1 Å². The second-order valence-electron chi connectivity index (χ2n) is 8.33. The number of rotatable bonds is 9. The number of carbonyl (C=O) groups is 1. The zero-order valence-electron chi connectivity index (χ0n) is 19.6. The molecule has 0 saturated carbocycles. The lowest BCUT2D eigenvalue weighted by atomic mass is 9.99. The summed E-state index contributed by atoms with van der Waals surface area (Å²) in [4.78, 5) is 12.9. The van der Waals surface area contributed by atoms with Crippen molar-refractivity contribution in [1.82, 2.24) is 0 Å². The zero-order chi connectivity index (χ0) is 26.8. The Morgan fingerprint density at radius 3 is 2.65 bits per heavy atom. The summed E-state index contributed by atoms with van der Waals surface area (Å²) in [7, 11) is -2.23. The average molecular weight is 658 g/mol. The van der Waals surface area contributed by atoms with Crippen molar-refractivity contribution in [3.8, 4) is 11.5 Å². The van der Waals surface area contributed by atoms with Crippen LogP contribution >= 0.6 is 31.8 Å². The monoisotopic (exact) mass is 658 g/mol. The third-order valence-corrected chi connectivity index (χ3v) is 7.39. The van der Waals surface area contributed by atoms with Gasteiger partial charge in [0.1, 0.15) is 16.4 Å². The van der Waals surface area contributed by atoms with Crippen molar-refractivity contribution in [3.63, 3.8) is 0 Å². The second-order valence-corrected chi connectivity index (χ2v) is 13.4. The van der Waals surface area contributed by atoms with Gasteiger partial charge in [0.15, 0.2) is 0 Å². The molecule has 0 heterocycles. The summed E-state index contributed by atoms with van der Waals surface area (Å²) in [5.74, 6) is -0.976. The molecule has 0 fully saturated rings. The number of benzene rings is 3. The first-order chi connectivity index (χ1) is 17.5. The molecule has 0 radical (unpaired) electrons. The highest BCUT2D eigenvalue weighted by Gasteiger charge is 2.36. The third kappa shape index (κ3) is 6.70. The first kappa shape index (κ1) is 27.6. The fraction of sp³-hybridized carbons (Fsp3) is 0.240. The van der Waals surface area contributed by atoms with Gasteiger partial charge in [0.05, 0.1) is 24.3 Å². The van der Waals surface area contributed by atoms with E-state index in [1.54, 1.807) is 6.92 Å². The van der Waals surface area contributed by atoms with Gasteiger partial charge in [-0.2, -0.15) is 4.39 Å². The van der Waals surface area contributed by atoms with Crippen LogP contribution in [0, 0.1) is 0 Å². The lowest BCUT2D eigenvalue weighted by Crippen LogP contribution is -2.28. The van der Waals surface area contributed by atoms with Gasteiger partial charge in [-0.1, -0.05) is 30.3 Å². The second kappa shape index (κ2) is 11.1. The summed E-state index contributed by atoms with van der Waals surface area (Å²) in [5, 5.41) is 13.2. The number of nitrogens with one attached hydrogen (secondary N) is 2. The number of aliphatic hydroxyl groups is 1. The lowest BCUT2D eigenvalue weighted by molar-refractivity contribution is -0.119. The molecule has 3 N–H and O–H groups in total. The van der Waals surface area contributed by atoms with E-state index in [1.165, 1.54) is 65.1 Å². The molecular weight excluding hydrogens is 633 g/mol. The van der Waals surface area contributed by atoms with E-state index < -0.39 is 31.6 Å². The summed E-state index contributed by atoms with van der Waals surface area (Å²) in [5.41, 5.74) is 2.17. The van der Waals surface area contributed by atoms with Crippen molar-refractivity contribution in [1.29, 1.82) is 0 Å². The Morgan fingerprint density at radius 2 is 1.92 bits per heavy atom. The molecule has 3 aromatic carbocycles. The topological polar surface area (TPSA) is 114 Å². The van der Waals surface area contributed by atoms with E-state index >= 15 is 0 Å². The highest BCUT2D eigenvalue weighted by Crippen LogP contribution is 2.36. The van der Waals surface area contributed by atoms with Gasteiger partial charge in [0.2, 0.25) is 5.91 Å². The SMILES string of the molecule is CCOc1cc(NC(=O)C2c3ccccc3CC2O)ccc1S(=O)(=O)Nc1cccc(OC(F)(P)I)c1. The van der Waals surface area contributed by atoms with E-state index in [4.69, 9.17) is 9.47 Å². The fourth-order valence-electron chi connectivity index (χ4n) is 4.18. The number of aliphatic hydroxyl groups excluding tert-OH is 1. The average Bonchev–Trinajstić information content (AvgIpc) is 3.14. The highest BCUT2D eigenvalue weighted by atomic mass is 127. The molecule has 37 heavy (non-hydrogen) atoms. The molecule has 4 atom stereocenters. The van der Waals surface area contributed by atoms with Crippen molar-refractivity contribution in [2.45, 2.75) is 33.9 Å². The van der Waals surface area contributed by atoms with E-state index in [1.807, 2.05) is 33.5 Å². The van der Waals surface area contributed by atoms with E-state index in [0.29, 0.717) is 12.1 Å². The van der Waals surface area contributed by atoms with Gasteiger partial charge < -0.3 is 19.9 Å². The normalized spacial score (nSPS) is 18.4. The molecule has 4 rings (SSSR count). The summed E-state index contributed by atoms with van der Waals surface area (Å²) < 4.78 is 51.3. The van der Waals surface area contributed by atoms with Gasteiger partial charge in [-0.3, -0.25) is 9.52 Å². The quantitative estimate of drug-likeness (QED) is 0.173. The molecule has 12 heteroatoms. The van der Waals surface area contributed by atoms with Gasteiger partial charge in [0.25, 0.3) is 10.0 Å². The minimum absolute atomic E-state index is 0.0348. The predicted molar refractivity (Wildman–Crippen MR) is 151 cm³/mol. The minimum atomic E-state index is -4.12. The maximum atomic E-state index is 13.8. The van der Waals surface area contributed by atoms with Crippen LogP contribution in [-0.4, -0.2) is 35.7 Å². The van der Waals surface area contributed by atoms with E-state index in [2.05, 4.69) is 10.0 Å². The maximum Gasteiger partial charge on any atom is 0.309 e. The van der Waals surface area contributed by atoms with Crippen LogP contribution < -0.4 is 19.5 Å². The minimum Gasteiger partial charge on any atom is -0.492 e. The molecule has 8 nitrogen and oxygen atoms in total. The first-order valence-corrected chi connectivity index (χ1v) is 14.4. The number of carbonyl (C=O) groups excluding carboxylic acids is 1. The number of ether oxygens (including phenoxy) is 2. The Bertz CT molecular complexity index is 1420. The summed E-state index contributed by atoms with van der Waals surface area (Å²) in [6.45, 7) is 1.89. The molecule has 1 aliphatic carbocycles. The molecule has 1 amide bonds. The molecular formula is C25H25FIN2O6PS. The van der Waals surface area contributed by atoms with Crippen LogP contribution in [0.1, 0.15) is 24.0 Å². The molecule has 196 valence electrons. The van der Waals surface area contributed by atoms with Gasteiger partial charge in [0, 0.05) is 40.4 Å². The zero-order valence-corrected chi connectivity index (χ0v) is 23.8. The van der Waals surface area contributed by atoms with E-state index in [-0.39, 0.29) is 28.7 Å². The number of sulfonamides is 1. The molecule has 0 bridgehead atoms. The van der Waals surface area contributed by atoms with Gasteiger partial charge in [-0.05, 0) is 58.0 Å². The van der Waals surface area contributed by atoms with E-state index in [9.17, 15) is 22.7 Å². The van der Waals surface area contributed by atoms with Crippen LogP contribution in [0.2, 0.25) is 0 Å². The molecule has 0 aliphatic heterocycles. The van der Waals surface area contributed by atoms with Gasteiger partial charge >= 0.3 is 3.60 Å². The van der Waals surface area contributed by atoms with Crippen LogP contribution in [0.4, 0.5) is 15.8 Å². The Labute approximate surface area is 230 Å². The maximum absolute atomic E-state index is 13.8. The molecule has 0 spiro atoms. The van der Waals surface area contributed by atoms with Crippen molar-refractivity contribution in [2.24, 2.45) is 0 Å². The number of halogens is 2. The lowest BCUT2D eigenvalue weighted by Gasteiger charge is -2.18. The van der Waals surface area contributed by atoms with Crippen molar-refractivity contribution < 1.29 is 32.2 Å².